The molecular weight excluding hydrogens is 282 g/mol. The third-order valence-corrected chi connectivity index (χ3v) is 4.33. The average Bonchev–Trinajstić information content (AvgIpc) is 3.09. The molecule has 4 heteroatoms. The van der Waals surface area contributed by atoms with E-state index in [1.165, 1.54) is 5.56 Å². The van der Waals surface area contributed by atoms with Crippen molar-refractivity contribution in [1.82, 2.24) is 0 Å². The van der Waals surface area contributed by atoms with Crippen molar-refractivity contribution in [2.75, 3.05) is 14.2 Å². The Kier molecular flexibility index (Phi) is 3.36. The van der Waals surface area contributed by atoms with E-state index >= 15 is 0 Å². The maximum Gasteiger partial charge on any atom is 0.161 e. The van der Waals surface area contributed by atoms with E-state index in [1.807, 2.05) is 12.1 Å². The van der Waals surface area contributed by atoms with Gasteiger partial charge >= 0.3 is 0 Å². The summed E-state index contributed by atoms with van der Waals surface area (Å²) in [6, 6.07) is 4.15. The van der Waals surface area contributed by atoms with Crippen molar-refractivity contribution in [1.29, 1.82) is 0 Å². The first-order valence-electron chi connectivity index (χ1n) is 5.72. The van der Waals surface area contributed by atoms with Crippen LogP contribution in [0.4, 0.5) is 0 Å². The maximum atomic E-state index is 6.10. The van der Waals surface area contributed by atoms with Crippen molar-refractivity contribution in [2.45, 2.75) is 31.2 Å². The van der Waals surface area contributed by atoms with E-state index in [9.17, 15) is 0 Å². The highest BCUT2D eigenvalue weighted by atomic mass is 79.9. The lowest BCUT2D eigenvalue weighted by Gasteiger charge is -2.23. The van der Waals surface area contributed by atoms with Crippen molar-refractivity contribution in [3.63, 3.8) is 0 Å². The third-order valence-electron chi connectivity index (χ3n) is 3.67. The number of halogens is 1. The molecule has 0 bridgehead atoms. The van der Waals surface area contributed by atoms with Crippen molar-refractivity contribution in [3.05, 3.63) is 22.2 Å². The SMILES string of the molecule is COc1cc(Br)c(C2(C(C)N)CC2)cc1OC. The van der Waals surface area contributed by atoms with Crippen LogP contribution in [-0.2, 0) is 5.41 Å². The molecule has 1 aliphatic rings. The molecule has 2 rings (SSSR count). The molecule has 0 radical (unpaired) electrons. The summed E-state index contributed by atoms with van der Waals surface area (Å²) >= 11 is 3.60. The first-order chi connectivity index (χ1) is 8.05. The molecule has 1 atom stereocenters. The number of ether oxygens (including phenoxy) is 2. The van der Waals surface area contributed by atoms with Gasteiger partial charge in [0.1, 0.15) is 0 Å². The maximum absolute atomic E-state index is 6.10. The van der Waals surface area contributed by atoms with Gasteiger partial charge in [-0.15, -0.1) is 0 Å². The fourth-order valence-corrected chi connectivity index (χ4v) is 3.06. The van der Waals surface area contributed by atoms with E-state index in [2.05, 4.69) is 22.9 Å². The zero-order chi connectivity index (χ0) is 12.6. The predicted molar refractivity (Wildman–Crippen MR) is 71.8 cm³/mol. The van der Waals surface area contributed by atoms with Gasteiger partial charge in [-0.1, -0.05) is 15.9 Å². The van der Waals surface area contributed by atoms with Gasteiger partial charge in [-0.2, -0.15) is 0 Å². The number of hydrogen-bond acceptors (Lipinski definition) is 3. The summed E-state index contributed by atoms with van der Waals surface area (Å²) in [6.45, 7) is 2.07. The fraction of sp³-hybridized carbons (Fsp3) is 0.538. The Morgan fingerprint density at radius 1 is 1.24 bits per heavy atom. The lowest BCUT2D eigenvalue weighted by atomic mass is 9.89. The van der Waals surface area contributed by atoms with Crippen LogP contribution < -0.4 is 15.2 Å². The van der Waals surface area contributed by atoms with Crippen LogP contribution >= 0.6 is 15.9 Å². The molecule has 0 aromatic heterocycles. The monoisotopic (exact) mass is 299 g/mol. The molecule has 0 spiro atoms. The highest BCUT2D eigenvalue weighted by Gasteiger charge is 2.48. The molecule has 1 fully saturated rings. The Morgan fingerprint density at radius 3 is 2.18 bits per heavy atom. The van der Waals surface area contributed by atoms with E-state index in [-0.39, 0.29) is 11.5 Å². The van der Waals surface area contributed by atoms with Crippen molar-refractivity contribution >= 4 is 15.9 Å². The summed E-state index contributed by atoms with van der Waals surface area (Å²) in [4.78, 5) is 0. The normalized spacial score (nSPS) is 18.6. The Bertz CT molecular complexity index is 428. The van der Waals surface area contributed by atoms with Gasteiger partial charge in [0.15, 0.2) is 11.5 Å². The minimum atomic E-state index is 0.110. The second-order valence-electron chi connectivity index (χ2n) is 4.63. The number of rotatable bonds is 4. The van der Waals surface area contributed by atoms with Crippen molar-refractivity contribution in [2.24, 2.45) is 5.73 Å². The lowest BCUT2D eigenvalue weighted by Crippen LogP contribution is -2.31. The summed E-state index contributed by atoms with van der Waals surface area (Å²) in [5.74, 6) is 1.50. The van der Waals surface area contributed by atoms with E-state index in [1.54, 1.807) is 14.2 Å². The van der Waals surface area contributed by atoms with Gasteiger partial charge in [0.05, 0.1) is 14.2 Å². The first-order valence-corrected chi connectivity index (χ1v) is 6.52. The Labute approximate surface area is 110 Å². The Balaban J connectivity index is 2.49. The highest BCUT2D eigenvalue weighted by Crippen LogP contribution is 2.54. The molecule has 1 saturated carbocycles. The van der Waals surface area contributed by atoms with Gasteiger partial charge in [-0.05, 0) is 37.5 Å². The fourth-order valence-electron chi connectivity index (χ4n) is 2.34. The molecule has 3 nitrogen and oxygen atoms in total. The Hall–Kier alpha value is -0.740. The largest absolute Gasteiger partial charge is 0.493 e. The molecule has 1 aromatic carbocycles. The molecule has 1 aromatic rings. The van der Waals surface area contributed by atoms with Gasteiger partial charge in [0, 0.05) is 15.9 Å². The molecular formula is C13H18BrNO2. The molecule has 17 heavy (non-hydrogen) atoms. The summed E-state index contributed by atoms with van der Waals surface area (Å²) in [7, 11) is 3.30. The second-order valence-corrected chi connectivity index (χ2v) is 5.49. The van der Waals surface area contributed by atoms with Crippen LogP contribution in [0.25, 0.3) is 0 Å². The van der Waals surface area contributed by atoms with Gasteiger partial charge < -0.3 is 15.2 Å². The smallest absolute Gasteiger partial charge is 0.161 e. The molecule has 0 heterocycles. The summed E-state index contributed by atoms with van der Waals surface area (Å²) in [6.07, 6.45) is 2.28. The number of benzene rings is 1. The topological polar surface area (TPSA) is 44.5 Å². The quantitative estimate of drug-likeness (QED) is 0.930. The van der Waals surface area contributed by atoms with Gasteiger partial charge in [0.2, 0.25) is 0 Å². The molecule has 2 N–H and O–H groups in total. The molecule has 1 aliphatic carbocycles. The van der Waals surface area contributed by atoms with Crippen LogP contribution in [0.2, 0.25) is 0 Å². The molecule has 1 unspecified atom stereocenters. The van der Waals surface area contributed by atoms with E-state index in [4.69, 9.17) is 15.2 Å². The average molecular weight is 300 g/mol. The minimum absolute atomic E-state index is 0.110. The van der Waals surface area contributed by atoms with Crippen LogP contribution in [0.3, 0.4) is 0 Å². The van der Waals surface area contributed by atoms with Gasteiger partial charge in [-0.25, -0.2) is 0 Å². The van der Waals surface area contributed by atoms with E-state index in [0.29, 0.717) is 0 Å². The summed E-state index contributed by atoms with van der Waals surface area (Å²) in [5, 5.41) is 0. The zero-order valence-electron chi connectivity index (χ0n) is 10.4. The molecule has 0 saturated heterocycles. The van der Waals surface area contributed by atoms with Crippen LogP contribution in [0, 0.1) is 0 Å². The highest BCUT2D eigenvalue weighted by molar-refractivity contribution is 9.10. The number of nitrogens with two attached hydrogens (primary N) is 1. The van der Waals surface area contributed by atoms with E-state index in [0.717, 1.165) is 28.8 Å². The second kappa shape index (κ2) is 4.50. The summed E-state index contributed by atoms with van der Waals surface area (Å²) < 4.78 is 11.7. The third kappa shape index (κ3) is 2.04. The zero-order valence-corrected chi connectivity index (χ0v) is 12.0. The van der Waals surface area contributed by atoms with E-state index < -0.39 is 0 Å². The molecule has 0 amide bonds. The number of hydrogen-bond donors (Lipinski definition) is 1. The minimum Gasteiger partial charge on any atom is -0.493 e. The van der Waals surface area contributed by atoms with Crippen LogP contribution in [0.1, 0.15) is 25.3 Å². The van der Waals surface area contributed by atoms with Crippen LogP contribution in [-0.4, -0.2) is 20.3 Å². The predicted octanol–water partition coefficient (Wildman–Crippen LogP) is 2.85. The standard InChI is InChI=1S/C13H18BrNO2/c1-8(15)13(4-5-13)9-6-11(16-2)12(17-3)7-10(9)14/h6-8H,4-5,15H2,1-3H3. The van der Waals surface area contributed by atoms with Crippen LogP contribution in [0.15, 0.2) is 16.6 Å². The van der Waals surface area contributed by atoms with Gasteiger partial charge in [-0.3, -0.25) is 0 Å². The van der Waals surface area contributed by atoms with Crippen molar-refractivity contribution < 1.29 is 9.47 Å². The molecule has 0 aliphatic heterocycles. The number of methoxy groups -OCH3 is 2. The van der Waals surface area contributed by atoms with Crippen LogP contribution in [0.5, 0.6) is 11.5 Å². The first kappa shape index (κ1) is 12.7. The van der Waals surface area contributed by atoms with Gasteiger partial charge in [0.25, 0.3) is 0 Å². The molecule has 94 valence electrons. The lowest BCUT2D eigenvalue weighted by molar-refractivity contribution is 0.353. The Morgan fingerprint density at radius 2 is 1.76 bits per heavy atom. The summed E-state index contributed by atoms with van der Waals surface area (Å²) in [5.41, 5.74) is 7.44. The van der Waals surface area contributed by atoms with Crippen molar-refractivity contribution in [3.8, 4) is 11.5 Å².